The number of aliphatic hydroxyl groups is 1. The van der Waals surface area contributed by atoms with Crippen LogP contribution < -0.4 is 23.8 Å². The Kier molecular flexibility index (Phi) is 7.48. The first-order valence-electron chi connectivity index (χ1n) is 9.92. The second kappa shape index (κ2) is 10.3. The van der Waals surface area contributed by atoms with Crippen molar-refractivity contribution in [1.82, 2.24) is 4.90 Å². The van der Waals surface area contributed by atoms with E-state index >= 15 is 0 Å². The van der Waals surface area contributed by atoms with Gasteiger partial charge in [0.2, 0.25) is 5.75 Å². The summed E-state index contributed by atoms with van der Waals surface area (Å²) in [4.78, 5) is 4.35. The van der Waals surface area contributed by atoms with E-state index in [1.807, 2.05) is 18.2 Å². The predicted molar refractivity (Wildman–Crippen MR) is 114 cm³/mol. The number of piperazine rings is 1. The Labute approximate surface area is 177 Å². The van der Waals surface area contributed by atoms with Crippen LogP contribution in [-0.4, -0.2) is 81.9 Å². The molecule has 0 aliphatic carbocycles. The zero-order valence-electron chi connectivity index (χ0n) is 17.7. The Bertz CT molecular complexity index is 798. The number of benzene rings is 2. The predicted octanol–water partition coefficient (Wildman–Crippen LogP) is 1.98. The summed E-state index contributed by atoms with van der Waals surface area (Å²) in [5, 5.41) is 20.5. The third-order valence-electron chi connectivity index (χ3n) is 5.14. The maximum atomic E-state index is 10.4. The van der Waals surface area contributed by atoms with Crippen molar-refractivity contribution in [2.24, 2.45) is 0 Å². The van der Waals surface area contributed by atoms with Gasteiger partial charge >= 0.3 is 0 Å². The van der Waals surface area contributed by atoms with Gasteiger partial charge in [-0.15, -0.1) is 0 Å². The lowest BCUT2D eigenvalue weighted by Crippen LogP contribution is -2.49. The molecule has 1 unspecified atom stereocenters. The third kappa shape index (κ3) is 5.20. The molecule has 0 radical (unpaired) electrons. The van der Waals surface area contributed by atoms with Crippen molar-refractivity contribution in [3.8, 4) is 28.7 Å². The molecule has 30 heavy (non-hydrogen) atoms. The number of para-hydroxylation sites is 2. The minimum absolute atomic E-state index is 0.151. The molecule has 1 saturated heterocycles. The summed E-state index contributed by atoms with van der Waals surface area (Å²) < 4.78 is 21.7. The third-order valence-corrected chi connectivity index (χ3v) is 5.14. The van der Waals surface area contributed by atoms with Crippen LogP contribution in [0.5, 0.6) is 28.7 Å². The van der Waals surface area contributed by atoms with Crippen LogP contribution >= 0.6 is 0 Å². The SMILES string of the molecule is COc1cc(OCC(O)CN2CCN(c3ccccc3O)CC2)cc(OC)c1OC. The molecule has 1 fully saturated rings. The number of anilines is 1. The van der Waals surface area contributed by atoms with Crippen molar-refractivity contribution < 1.29 is 29.2 Å². The van der Waals surface area contributed by atoms with Crippen LogP contribution in [0.25, 0.3) is 0 Å². The number of nitrogens with zero attached hydrogens (tertiary/aromatic N) is 2. The Balaban J connectivity index is 1.50. The van der Waals surface area contributed by atoms with E-state index in [4.69, 9.17) is 18.9 Å². The molecule has 1 aliphatic rings. The van der Waals surface area contributed by atoms with E-state index < -0.39 is 6.10 Å². The largest absolute Gasteiger partial charge is 0.506 e. The average Bonchev–Trinajstić information content (AvgIpc) is 2.77. The Morgan fingerprint density at radius 1 is 0.933 bits per heavy atom. The zero-order valence-corrected chi connectivity index (χ0v) is 17.7. The molecule has 0 bridgehead atoms. The summed E-state index contributed by atoms with van der Waals surface area (Å²) in [7, 11) is 4.64. The van der Waals surface area contributed by atoms with Crippen LogP contribution in [0.15, 0.2) is 36.4 Å². The van der Waals surface area contributed by atoms with Crippen molar-refractivity contribution >= 4 is 5.69 Å². The monoisotopic (exact) mass is 418 g/mol. The van der Waals surface area contributed by atoms with Gasteiger partial charge in [0, 0.05) is 44.9 Å². The van der Waals surface area contributed by atoms with Crippen LogP contribution in [0.3, 0.4) is 0 Å². The van der Waals surface area contributed by atoms with Gasteiger partial charge in [0.1, 0.15) is 24.2 Å². The topological polar surface area (TPSA) is 83.9 Å². The summed E-state index contributed by atoms with van der Waals surface area (Å²) in [6, 6.07) is 10.8. The van der Waals surface area contributed by atoms with Crippen molar-refractivity contribution in [3.63, 3.8) is 0 Å². The molecule has 1 atom stereocenters. The molecule has 0 amide bonds. The van der Waals surface area contributed by atoms with E-state index in [1.165, 1.54) is 0 Å². The van der Waals surface area contributed by atoms with Crippen molar-refractivity contribution in [2.45, 2.75) is 6.10 Å². The quantitative estimate of drug-likeness (QED) is 0.640. The van der Waals surface area contributed by atoms with Crippen LogP contribution in [-0.2, 0) is 0 Å². The molecule has 0 saturated carbocycles. The maximum absolute atomic E-state index is 10.4. The van der Waals surface area contributed by atoms with Crippen molar-refractivity contribution in [3.05, 3.63) is 36.4 Å². The van der Waals surface area contributed by atoms with Crippen LogP contribution in [0, 0.1) is 0 Å². The minimum atomic E-state index is -0.638. The first-order valence-corrected chi connectivity index (χ1v) is 9.92. The highest BCUT2D eigenvalue weighted by molar-refractivity contribution is 5.58. The van der Waals surface area contributed by atoms with E-state index in [1.54, 1.807) is 39.5 Å². The summed E-state index contributed by atoms with van der Waals surface area (Å²) in [6.45, 7) is 3.85. The van der Waals surface area contributed by atoms with Crippen molar-refractivity contribution in [2.75, 3.05) is 65.6 Å². The van der Waals surface area contributed by atoms with E-state index in [2.05, 4.69) is 9.80 Å². The zero-order chi connectivity index (χ0) is 21.5. The smallest absolute Gasteiger partial charge is 0.203 e. The molecule has 2 N–H and O–H groups in total. The van der Waals surface area contributed by atoms with Crippen LogP contribution in [0.4, 0.5) is 5.69 Å². The summed E-state index contributed by atoms with van der Waals surface area (Å²) in [6.07, 6.45) is -0.638. The molecule has 2 aromatic carbocycles. The number of aromatic hydroxyl groups is 1. The van der Waals surface area contributed by atoms with Gasteiger partial charge in [-0.05, 0) is 12.1 Å². The molecule has 1 aliphatic heterocycles. The Hall–Kier alpha value is -2.84. The van der Waals surface area contributed by atoms with Gasteiger partial charge in [-0.25, -0.2) is 0 Å². The number of aliphatic hydroxyl groups excluding tert-OH is 1. The highest BCUT2D eigenvalue weighted by atomic mass is 16.5. The number of methoxy groups -OCH3 is 3. The number of phenolic OH excluding ortho intramolecular Hbond substituents is 1. The first kappa shape index (κ1) is 21.9. The normalized spacial score (nSPS) is 15.5. The summed E-state index contributed by atoms with van der Waals surface area (Å²) in [5.41, 5.74) is 0.850. The molecule has 0 spiro atoms. The fourth-order valence-electron chi connectivity index (χ4n) is 3.59. The van der Waals surface area contributed by atoms with Gasteiger partial charge in [0.25, 0.3) is 0 Å². The lowest BCUT2D eigenvalue weighted by molar-refractivity contribution is 0.0660. The van der Waals surface area contributed by atoms with Gasteiger partial charge in [-0.3, -0.25) is 4.90 Å². The van der Waals surface area contributed by atoms with Gasteiger partial charge in [-0.2, -0.15) is 0 Å². The van der Waals surface area contributed by atoms with Gasteiger partial charge in [0.15, 0.2) is 11.5 Å². The van der Waals surface area contributed by atoms with Gasteiger partial charge in [-0.1, -0.05) is 12.1 Å². The number of hydrogen-bond donors (Lipinski definition) is 2. The van der Waals surface area contributed by atoms with E-state index in [9.17, 15) is 10.2 Å². The second-order valence-corrected chi connectivity index (χ2v) is 7.10. The Morgan fingerprint density at radius 2 is 1.57 bits per heavy atom. The molecule has 1 heterocycles. The molecular formula is C22H30N2O6. The van der Waals surface area contributed by atoms with Gasteiger partial charge < -0.3 is 34.1 Å². The fraction of sp³-hybridized carbons (Fsp3) is 0.455. The highest BCUT2D eigenvalue weighted by Crippen LogP contribution is 2.40. The molecule has 0 aromatic heterocycles. The lowest BCUT2D eigenvalue weighted by Gasteiger charge is -2.37. The minimum Gasteiger partial charge on any atom is -0.506 e. The molecule has 8 nitrogen and oxygen atoms in total. The van der Waals surface area contributed by atoms with Gasteiger partial charge in [0.05, 0.1) is 27.0 Å². The molecule has 2 aromatic rings. The summed E-state index contributed by atoms with van der Waals surface area (Å²) >= 11 is 0. The maximum Gasteiger partial charge on any atom is 0.203 e. The Morgan fingerprint density at radius 3 is 2.13 bits per heavy atom. The standard InChI is InChI=1S/C22H30N2O6/c1-27-20-12-17(13-21(28-2)22(20)29-3)30-15-16(25)14-23-8-10-24(11-9-23)18-6-4-5-7-19(18)26/h4-7,12-13,16,25-26H,8-11,14-15H2,1-3H3. The van der Waals surface area contributed by atoms with Crippen LogP contribution in [0.1, 0.15) is 0 Å². The number of rotatable bonds is 9. The number of hydrogen-bond acceptors (Lipinski definition) is 8. The van der Waals surface area contributed by atoms with E-state index in [-0.39, 0.29) is 6.61 Å². The number of β-amino-alcohol motifs (C(OH)–C–C–N with tert-alkyl or cyclic N) is 1. The second-order valence-electron chi connectivity index (χ2n) is 7.10. The first-order chi connectivity index (χ1) is 14.5. The average molecular weight is 418 g/mol. The summed E-state index contributed by atoms with van der Waals surface area (Å²) in [5.74, 6) is 2.33. The lowest BCUT2D eigenvalue weighted by atomic mass is 10.2. The fourth-order valence-corrected chi connectivity index (χ4v) is 3.59. The van der Waals surface area contributed by atoms with Crippen molar-refractivity contribution in [1.29, 1.82) is 0 Å². The highest BCUT2D eigenvalue weighted by Gasteiger charge is 2.21. The van der Waals surface area contributed by atoms with E-state index in [0.29, 0.717) is 35.3 Å². The molecule has 164 valence electrons. The molecule has 8 heteroatoms. The molecule has 3 rings (SSSR count). The van der Waals surface area contributed by atoms with E-state index in [0.717, 1.165) is 31.9 Å². The number of ether oxygens (including phenoxy) is 4. The number of phenols is 1. The van der Waals surface area contributed by atoms with Crippen LogP contribution in [0.2, 0.25) is 0 Å². The molecular weight excluding hydrogens is 388 g/mol.